The molecule has 0 saturated carbocycles. The van der Waals surface area contributed by atoms with Gasteiger partial charge in [-0.15, -0.1) is 0 Å². The summed E-state index contributed by atoms with van der Waals surface area (Å²) < 4.78 is 38.5. The highest BCUT2D eigenvalue weighted by Gasteiger charge is 2.36. The third kappa shape index (κ3) is 32.9. The second-order valence-electron chi connectivity index (χ2n) is 15.2. The fourth-order valence-electron chi connectivity index (χ4n) is 5.97. The number of unbranched alkanes of at least 4 members (excludes halogenated alkanes) is 13. The molecule has 11 nitrogen and oxygen atoms in total. The third-order valence-corrected chi connectivity index (χ3v) is 10.4. The molecule has 12 heteroatoms. The summed E-state index contributed by atoms with van der Waals surface area (Å²) in [5.41, 5.74) is 0. The molecule has 3 N–H and O–H groups in total. The van der Waals surface area contributed by atoms with E-state index in [4.69, 9.17) is 23.8 Å². The van der Waals surface area contributed by atoms with Gasteiger partial charge in [0.2, 0.25) is 0 Å². The molecule has 0 aromatic rings. The maximum atomic E-state index is 12.6. The van der Waals surface area contributed by atoms with Crippen LogP contribution in [-0.4, -0.2) is 77.9 Å². The molecule has 1 heterocycles. The highest BCUT2D eigenvalue weighted by Crippen LogP contribution is 2.43. The van der Waals surface area contributed by atoms with E-state index in [1.807, 2.05) is 0 Å². The zero-order chi connectivity index (χ0) is 40.4. The Hall–Kier alpha value is -1.85. The molecular weight excluding hydrogens is 723 g/mol. The van der Waals surface area contributed by atoms with Crippen molar-refractivity contribution in [3.05, 3.63) is 36.5 Å². The van der Waals surface area contributed by atoms with Gasteiger partial charge in [0.1, 0.15) is 12.7 Å². The zero-order valence-corrected chi connectivity index (χ0v) is 35.4. The average molecular weight is 801 g/mol. The second-order valence-corrected chi connectivity index (χ2v) is 16.7. The molecule has 1 saturated heterocycles. The molecule has 1 fully saturated rings. The summed E-state index contributed by atoms with van der Waals surface area (Å²) in [6.07, 6.45) is 34.2. The second kappa shape index (κ2) is 34.2. The van der Waals surface area contributed by atoms with Crippen LogP contribution in [0.1, 0.15) is 168 Å². The Morgan fingerprint density at radius 1 is 0.709 bits per heavy atom. The molecule has 0 radical (unpaired) electrons. The van der Waals surface area contributed by atoms with Crippen LogP contribution in [0.25, 0.3) is 0 Å². The van der Waals surface area contributed by atoms with Crippen molar-refractivity contribution in [1.82, 2.24) is 0 Å². The number of phosphoric acid groups is 1. The van der Waals surface area contributed by atoms with Gasteiger partial charge in [0, 0.05) is 12.8 Å². The molecule has 0 spiro atoms. The van der Waals surface area contributed by atoms with Gasteiger partial charge >= 0.3 is 19.8 Å². The summed E-state index contributed by atoms with van der Waals surface area (Å²) >= 11 is 0. The van der Waals surface area contributed by atoms with E-state index in [0.717, 1.165) is 57.3 Å². The zero-order valence-electron chi connectivity index (χ0n) is 34.5. The molecule has 1 aliphatic heterocycles. The van der Waals surface area contributed by atoms with E-state index in [1.54, 1.807) is 0 Å². The van der Waals surface area contributed by atoms with E-state index >= 15 is 0 Å². The molecule has 5 atom stereocenters. The number of rotatable bonds is 38. The van der Waals surface area contributed by atoms with Crippen molar-refractivity contribution in [2.45, 2.75) is 193 Å². The summed E-state index contributed by atoms with van der Waals surface area (Å²) in [4.78, 5) is 35.1. The summed E-state index contributed by atoms with van der Waals surface area (Å²) in [6.45, 7) is 4.58. The van der Waals surface area contributed by atoms with Gasteiger partial charge in [-0.2, -0.15) is 0 Å². The summed E-state index contributed by atoms with van der Waals surface area (Å²) in [5.74, 6) is -0.208. The van der Waals surface area contributed by atoms with Gasteiger partial charge in [0.05, 0.1) is 32.0 Å². The van der Waals surface area contributed by atoms with Crippen LogP contribution in [0.3, 0.4) is 0 Å². The van der Waals surface area contributed by atoms with Crippen molar-refractivity contribution in [2.24, 2.45) is 5.92 Å². The predicted octanol–water partition coefficient (Wildman–Crippen LogP) is 10.0. The quantitative estimate of drug-likeness (QED) is 0.0179. The van der Waals surface area contributed by atoms with Crippen molar-refractivity contribution in [3.8, 4) is 0 Å². The van der Waals surface area contributed by atoms with Crippen LogP contribution in [0, 0.1) is 5.92 Å². The number of allylic oxidation sites excluding steroid dienone is 5. The van der Waals surface area contributed by atoms with E-state index in [-0.39, 0.29) is 31.7 Å². The van der Waals surface area contributed by atoms with Gasteiger partial charge in [-0.1, -0.05) is 141 Å². The van der Waals surface area contributed by atoms with E-state index in [2.05, 4.69) is 61.8 Å². The monoisotopic (exact) mass is 801 g/mol. The van der Waals surface area contributed by atoms with E-state index in [0.29, 0.717) is 12.8 Å². The maximum absolute atomic E-state index is 12.6. The number of hydrogen-bond donors (Lipinski definition) is 3. The SMILES string of the molecule is CCCCC/C=C\C/C=C\C/C=C\CC1OC1CCCC(=O)OC[C@H](COP(=O)(O)OC[C@@H](O)CO)OC(=O)CCCCCCCCCCCCCC(C)C. The lowest BCUT2D eigenvalue weighted by Gasteiger charge is -2.20. The number of aliphatic hydroxyl groups is 2. The van der Waals surface area contributed by atoms with Gasteiger partial charge < -0.3 is 29.3 Å². The number of hydrogen-bond acceptors (Lipinski definition) is 10. The molecule has 1 aliphatic rings. The normalized spacial score (nSPS) is 18.0. The largest absolute Gasteiger partial charge is 0.472 e. The fourth-order valence-corrected chi connectivity index (χ4v) is 6.76. The molecule has 0 amide bonds. The first-order valence-corrected chi connectivity index (χ1v) is 22.9. The topological polar surface area (TPSA) is 161 Å². The van der Waals surface area contributed by atoms with Crippen molar-refractivity contribution in [1.29, 1.82) is 0 Å². The molecule has 0 aromatic heterocycles. The van der Waals surface area contributed by atoms with Crippen LogP contribution in [0.4, 0.5) is 0 Å². The number of epoxide rings is 1. The fraction of sp³-hybridized carbons (Fsp3) is 0.814. The lowest BCUT2D eigenvalue weighted by molar-refractivity contribution is -0.161. The minimum atomic E-state index is -4.64. The van der Waals surface area contributed by atoms with Gasteiger partial charge in [-0.3, -0.25) is 18.6 Å². The molecule has 0 bridgehead atoms. The number of aliphatic hydroxyl groups excluding tert-OH is 2. The summed E-state index contributed by atoms with van der Waals surface area (Å²) in [7, 11) is -4.64. The van der Waals surface area contributed by atoms with Crippen molar-refractivity contribution in [2.75, 3.05) is 26.4 Å². The van der Waals surface area contributed by atoms with E-state index in [9.17, 15) is 24.2 Å². The standard InChI is InChI=1S/C43H77O11P/c1-4-5-6-7-8-9-10-13-16-19-22-25-29-40-41(54-40)30-27-32-42(46)50-35-39(36-52-55(48,49)51-34-38(45)33-44)53-43(47)31-26-23-20-17-14-11-12-15-18-21-24-28-37(2)3/h8-9,13,16,22,25,37-41,44-45H,4-7,10-12,14-15,17-21,23-24,26-36H2,1-3H3,(H,48,49)/b9-8-,16-13-,25-22-/t38-,39+,40?,41?/m0/s1. The van der Waals surface area contributed by atoms with E-state index in [1.165, 1.54) is 70.6 Å². The molecule has 320 valence electrons. The Labute approximate surface area is 333 Å². The van der Waals surface area contributed by atoms with Crippen molar-refractivity contribution >= 4 is 19.8 Å². The van der Waals surface area contributed by atoms with Crippen LogP contribution in [0.2, 0.25) is 0 Å². The molecule has 3 unspecified atom stereocenters. The Morgan fingerprint density at radius 2 is 1.29 bits per heavy atom. The maximum Gasteiger partial charge on any atom is 0.472 e. The highest BCUT2D eigenvalue weighted by atomic mass is 31.2. The van der Waals surface area contributed by atoms with Crippen LogP contribution in [0.5, 0.6) is 0 Å². The number of phosphoric ester groups is 1. The first-order valence-electron chi connectivity index (χ1n) is 21.4. The lowest BCUT2D eigenvalue weighted by atomic mass is 10.0. The first-order chi connectivity index (χ1) is 26.6. The number of carbonyl (C=O) groups excluding carboxylic acids is 2. The van der Waals surface area contributed by atoms with Crippen LogP contribution < -0.4 is 0 Å². The number of esters is 2. The number of carbonyl (C=O) groups is 2. The van der Waals surface area contributed by atoms with Gasteiger partial charge in [0.25, 0.3) is 0 Å². The minimum Gasteiger partial charge on any atom is -0.462 e. The molecule has 0 aliphatic carbocycles. The Bertz CT molecular complexity index is 1090. The summed E-state index contributed by atoms with van der Waals surface area (Å²) in [6, 6.07) is 0. The molecular formula is C43H77O11P. The molecule has 1 rings (SSSR count). The van der Waals surface area contributed by atoms with Crippen molar-refractivity contribution < 1.29 is 52.5 Å². The van der Waals surface area contributed by atoms with Gasteiger partial charge in [0.15, 0.2) is 6.10 Å². The highest BCUT2D eigenvalue weighted by molar-refractivity contribution is 7.47. The lowest BCUT2D eigenvalue weighted by Crippen LogP contribution is -2.29. The Balaban J connectivity index is 2.31. The van der Waals surface area contributed by atoms with Crippen molar-refractivity contribution in [3.63, 3.8) is 0 Å². The smallest absolute Gasteiger partial charge is 0.462 e. The Kier molecular flexibility index (Phi) is 31.8. The third-order valence-electron chi connectivity index (χ3n) is 9.40. The van der Waals surface area contributed by atoms with Crippen LogP contribution in [0.15, 0.2) is 36.5 Å². The molecule has 55 heavy (non-hydrogen) atoms. The minimum absolute atomic E-state index is 0.116. The predicted molar refractivity (Wildman–Crippen MR) is 218 cm³/mol. The summed E-state index contributed by atoms with van der Waals surface area (Å²) in [5, 5.41) is 18.3. The molecule has 0 aromatic carbocycles. The number of ether oxygens (including phenoxy) is 3. The van der Waals surface area contributed by atoms with E-state index < -0.39 is 51.8 Å². The Morgan fingerprint density at radius 3 is 1.93 bits per heavy atom. The first kappa shape index (κ1) is 51.2. The van der Waals surface area contributed by atoms with Gasteiger partial charge in [-0.05, 0) is 57.3 Å². The van der Waals surface area contributed by atoms with Crippen LogP contribution in [-0.2, 0) is 37.4 Å². The average Bonchev–Trinajstić information content (AvgIpc) is 3.91. The van der Waals surface area contributed by atoms with Crippen LogP contribution >= 0.6 is 7.82 Å². The van der Waals surface area contributed by atoms with Gasteiger partial charge in [-0.25, -0.2) is 4.57 Å².